The van der Waals surface area contributed by atoms with Crippen LogP contribution in [0.1, 0.15) is 41.1 Å². The summed E-state index contributed by atoms with van der Waals surface area (Å²) in [5.74, 6) is 1.37. The quantitative estimate of drug-likeness (QED) is 0.433. The number of nitrogens with zero attached hydrogens (tertiary/aromatic N) is 6. The highest BCUT2D eigenvalue weighted by Gasteiger charge is 2.26. The Labute approximate surface area is 223 Å². The number of aryl methyl sites for hydroxylation is 2. The van der Waals surface area contributed by atoms with Gasteiger partial charge < -0.3 is 14.7 Å². The van der Waals surface area contributed by atoms with Crippen LogP contribution in [0.25, 0.3) is 17.3 Å². The fourth-order valence-electron chi connectivity index (χ4n) is 4.62. The van der Waals surface area contributed by atoms with E-state index in [2.05, 4.69) is 41.7 Å². The van der Waals surface area contributed by atoms with E-state index in [4.69, 9.17) is 4.52 Å². The number of anilines is 1. The number of nitrogens with one attached hydrogen (secondary N) is 2. The highest BCUT2D eigenvalue weighted by Crippen LogP contribution is 2.29. The molecular formula is C26H26N8O3S. The third-order valence-electron chi connectivity index (χ3n) is 6.58. The van der Waals surface area contributed by atoms with Crippen LogP contribution >= 0.6 is 11.8 Å². The molecule has 2 fully saturated rings. The zero-order chi connectivity index (χ0) is 26.6. The molecule has 194 valence electrons. The molecule has 0 spiro atoms. The second kappa shape index (κ2) is 11.1. The Morgan fingerprint density at radius 1 is 1.29 bits per heavy atom. The lowest BCUT2D eigenvalue weighted by Crippen LogP contribution is -2.38. The van der Waals surface area contributed by atoms with E-state index in [0.29, 0.717) is 46.0 Å². The molecule has 0 unspecified atom stereocenters. The van der Waals surface area contributed by atoms with Crippen LogP contribution in [0.2, 0.25) is 0 Å². The van der Waals surface area contributed by atoms with Crippen molar-refractivity contribution in [2.45, 2.75) is 33.2 Å². The Hall–Kier alpha value is -4.08. The van der Waals surface area contributed by atoms with Crippen molar-refractivity contribution < 1.29 is 14.1 Å². The molecule has 5 rings (SSSR count). The topological polar surface area (TPSA) is 150 Å². The van der Waals surface area contributed by atoms with E-state index in [1.807, 2.05) is 19.9 Å². The Morgan fingerprint density at radius 3 is 2.79 bits per heavy atom. The molecule has 0 bridgehead atoms. The van der Waals surface area contributed by atoms with Gasteiger partial charge in [-0.2, -0.15) is 5.26 Å². The summed E-state index contributed by atoms with van der Waals surface area (Å²) in [5, 5.41) is 19.0. The second-order valence-corrected chi connectivity index (χ2v) is 10.3. The standard InChI is InChI=1S/C26H26N8O3S/c1-15-22(16(2)37-33-15)23-19(11-27)9-18(14-30-23)13-28-12-17-4-7-34(8-5-17)25-29-6-3-20(31-25)10-21-24(35)32-26(36)38-21/h3,6,9-10,14,17,28H,4-5,7-8,12-13H2,1-2H3,(H,32,35,36). The van der Waals surface area contributed by atoms with Gasteiger partial charge in [-0.15, -0.1) is 0 Å². The van der Waals surface area contributed by atoms with Gasteiger partial charge in [0.2, 0.25) is 5.95 Å². The van der Waals surface area contributed by atoms with E-state index in [1.165, 1.54) is 0 Å². The molecule has 3 aromatic heterocycles. The van der Waals surface area contributed by atoms with E-state index >= 15 is 0 Å². The number of nitriles is 1. The number of imide groups is 1. The molecule has 0 radical (unpaired) electrons. The summed E-state index contributed by atoms with van der Waals surface area (Å²) in [6.45, 7) is 6.79. The van der Waals surface area contributed by atoms with Gasteiger partial charge in [0.15, 0.2) is 0 Å². The first-order chi connectivity index (χ1) is 18.4. The molecule has 2 N–H and O–H groups in total. The van der Waals surface area contributed by atoms with Crippen LogP contribution in [0.15, 0.2) is 34.0 Å². The first-order valence-electron chi connectivity index (χ1n) is 12.3. The van der Waals surface area contributed by atoms with Crippen molar-refractivity contribution >= 4 is 34.9 Å². The summed E-state index contributed by atoms with van der Waals surface area (Å²) in [6.07, 6.45) is 7.05. The smallest absolute Gasteiger partial charge is 0.290 e. The number of rotatable bonds is 7. The molecule has 0 saturated carbocycles. The molecule has 2 saturated heterocycles. The minimum Gasteiger partial charge on any atom is -0.361 e. The van der Waals surface area contributed by atoms with Crippen LogP contribution in [0.5, 0.6) is 0 Å². The van der Waals surface area contributed by atoms with E-state index in [9.17, 15) is 14.9 Å². The number of aromatic nitrogens is 4. The predicted octanol–water partition coefficient (Wildman–Crippen LogP) is 3.35. The lowest BCUT2D eigenvalue weighted by atomic mass is 9.97. The third-order valence-corrected chi connectivity index (χ3v) is 7.39. The van der Waals surface area contributed by atoms with Gasteiger partial charge >= 0.3 is 0 Å². The van der Waals surface area contributed by atoms with Crippen LogP contribution < -0.4 is 15.5 Å². The first-order valence-corrected chi connectivity index (χ1v) is 13.1. The minimum atomic E-state index is -0.399. The average molecular weight is 531 g/mol. The number of pyridine rings is 1. The van der Waals surface area contributed by atoms with Crippen LogP contribution in [0.3, 0.4) is 0 Å². The number of hydrogen-bond donors (Lipinski definition) is 2. The van der Waals surface area contributed by atoms with Crippen molar-refractivity contribution in [3.05, 3.63) is 57.7 Å². The highest BCUT2D eigenvalue weighted by molar-refractivity contribution is 8.18. The van der Waals surface area contributed by atoms with Gasteiger partial charge in [-0.25, -0.2) is 9.97 Å². The van der Waals surface area contributed by atoms with Crippen LogP contribution in [0, 0.1) is 31.1 Å². The monoisotopic (exact) mass is 530 g/mol. The summed E-state index contributed by atoms with van der Waals surface area (Å²) in [7, 11) is 0. The lowest BCUT2D eigenvalue weighted by molar-refractivity contribution is -0.115. The highest BCUT2D eigenvalue weighted by atomic mass is 32.2. The van der Waals surface area contributed by atoms with Crippen molar-refractivity contribution in [3.63, 3.8) is 0 Å². The molecule has 0 aliphatic carbocycles. The minimum absolute atomic E-state index is 0.333. The summed E-state index contributed by atoms with van der Waals surface area (Å²) < 4.78 is 5.24. The van der Waals surface area contributed by atoms with Gasteiger partial charge in [0.1, 0.15) is 11.8 Å². The number of carbonyl (C=O) groups excluding carboxylic acids is 2. The third kappa shape index (κ3) is 5.58. The normalized spacial score (nSPS) is 17.2. The molecule has 0 atom stereocenters. The van der Waals surface area contributed by atoms with Gasteiger partial charge in [0, 0.05) is 32.0 Å². The zero-order valence-corrected chi connectivity index (χ0v) is 21.8. The SMILES string of the molecule is Cc1noc(C)c1-c1ncc(CNCC2CCN(c3nccc(C=C4SC(=O)NC4=O)n3)CC2)cc1C#N. The molecule has 3 aromatic rings. The fourth-order valence-corrected chi connectivity index (χ4v) is 5.28. The summed E-state index contributed by atoms with van der Waals surface area (Å²) in [6, 6.07) is 5.84. The maximum Gasteiger partial charge on any atom is 0.290 e. The molecule has 2 aliphatic heterocycles. The van der Waals surface area contributed by atoms with Gasteiger partial charge in [-0.1, -0.05) is 5.16 Å². The van der Waals surface area contributed by atoms with E-state index in [1.54, 1.807) is 24.5 Å². The average Bonchev–Trinajstić information content (AvgIpc) is 3.42. The number of amides is 2. The zero-order valence-electron chi connectivity index (χ0n) is 21.0. The molecule has 38 heavy (non-hydrogen) atoms. The van der Waals surface area contributed by atoms with Gasteiger partial charge in [-0.05, 0) is 74.7 Å². The van der Waals surface area contributed by atoms with E-state index in [-0.39, 0.29) is 5.24 Å². The van der Waals surface area contributed by atoms with Crippen molar-refractivity contribution in [2.24, 2.45) is 5.92 Å². The van der Waals surface area contributed by atoms with Gasteiger partial charge in [0.05, 0.1) is 33.1 Å². The van der Waals surface area contributed by atoms with Crippen molar-refractivity contribution in [1.29, 1.82) is 5.26 Å². The Balaban J connectivity index is 1.13. The van der Waals surface area contributed by atoms with Crippen molar-refractivity contribution in [3.8, 4) is 17.3 Å². The number of thioether (sulfide) groups is 1. The molecule has 5 heterocycles. The summed E-state index contributed by atoms with van der Waals surface area (Å²) in [4.78, 5) is 39.2. The van der Waals surface area contributed by atoms with Crippen LogP contribution in [-0.4, -0.2) is 50.9 Å². The molecule has 2 amide bonds. The Bertz CT molecular complexity index is 1430. The number of carbonyl (C=O) groups is 2. The Morgan fingerprint density at radius 2 is 2.11 bits per heavy atom. The molecule has 12 heteroatoms. The molecular weight excluding hydrogens is 504 g/mol. The Kier molecular flexibility index (Phi) is 7.48. The molecule has 2 aliphatic rings. The van der Waals surface area contributed by atoms with E-state index < -0.39 is 5.91 Å². The summed E-state index contributed by atoms with van der Waals surface area (Å²) >= 11 is 0.874. The second-order valence-electron chi connectivity index (χ2n) is 9.25. The first kappa shape index (κ1) is 25.6. The fraction of sp³-hybridized carbons (Fsp3) is 0.346. The van der Waals surface area contributed by atoms with Crippen LogP contribution in [0.4, 0.5) is 10.7 Å². The van der Waals surface area contributed by atoms with E-state index in [0.717, 1.165) is 61.1 Å². The van der Waals surface area contributed by atoms with Crippen molar-refractivity contribution in [2.75, 3.05) is 24.5 Å². The largest absolute Gasteiger partial charge is 0.361 e. The lowest BCUT2D eigenvalue weighted by Gasteiger charge is -2.32. The molecule has 11 nitrogen and oxygen atoms in total. The predicted molar refractivity (Wildman–Crippen MR) is 142 cm³/mol. The van der Waals surface area contributed by atoms with Crippen molar-refractivity contribution in [1.82, 2.24) is 30.7 Å². The van der Waals surface area contributed by atoms with Crippen LogP contribution in [-0.2, 0) is 11.3 Å². The van der Waals surface area contributed by atoms with Gasteiger partial charge in [-0.3, -0.25) is 19.9 Å². The maximum atomic E-state index is 11.8. The summed E-state index contributed by atoms with van der Waals surface area (Å²) in [5.41, 5.74) is 4.14. The number of hydrogen-bond acceptors (Lipinski definition) is 11. The number of piperidine rings is 1. The van der Waals surface area contributed by atoms with Gasteiger partial charge in [0.25, 0.3) is 11.1 Å². The molecule has 0 aromatic carbocycles. The maximum absolute atomic E-state index is 11.8.